The van der Waals surface area contributed by atoms with Crippen molar-refractivity contribution >= 4 is 23.4 Å². The van der Waals surface area contributed by atoms with Crippen LogP contribution < -0.4 is 10.2 Å². The summed E-state index contributed by atoms with van der Waals surface area (Å²) in [5.41, 5.74) is 1.27. The lowest BCUT2D eigenvalue weighted by atomic mass is 9.85. The number of unbranched alkanes of at least 4 members (excludes halogenated alkanes) is 5. The molecule has 2 fully saturated rings. The maximum absolute atomic E-state index is 13.9. The number of nitrogens with one attached hydrogen (secondary N) is 1. The number of rotatable bonds is 12. The number of para-hydroxylation sites is 1. The molecular weight excluding hydrogens is 476 g/mol. The number of likely N-dealkylation sites (tertiary alicyclic amines) is 1. The molecule has 0 radical (unpaired) electrons. The third-order valence-corrected chi connectivity index (χ3v) is 7.94. The molecule has 1 N–H and O–H groups in total. The molecule has 38 heavy (non-hydrogen) atoms. The van der Waals surface area contributed by atoms with Gasteiger partial charge in [-0.05, 0) is 37.0 Å². The minimum absolute atomic E-state index is 0.0146. The molecule has 204 valence electrons. The van der Waals surface area contributed by atoms with Crippen LogP contribution in [-0.2, 0) is 20.9 Å². The first-order valence-electron chi connectivity index (χ1n) is 14.2. The van der Waals surface area contributed by atoms with Crippen LogP contribution in [0, 0.1) is 0 Å². The summed E-state index contributed by atoms with van der Waals surface area (Å²) >= 11 is 0. The number of piperidine rings is 1. The number of carbonyl (C=O) groups excluding carboxylic acids is 3. The van der Waals surface area contributed by atoms with Crippen molar-refractivity contribution in [2.24, 2.45) is 0 Å². The van der Waals surface area contributed by atoms with Gasteiger partial charge in [0, 0.05) is 31.7 Å². The van der Waals surface area contributed by atoms with Gasteiger partial charge in [0.1, 0.15) is 12.1 Å². The summed E-state index contributed by atoms with van der Waals surface area (Å²) in [6.07, 6.45) is 8.70. The zero-order valence-electron chi connectivity index (χ0n) is 22.7. The predicted molar refractivity (Wildman–Crippen MR) is 150 cm³/mol. The molecule has 3 amide bonds. The van der Waals surface area contributed by atoms with E-state index in [1.807, 2.05) is 65.6 Å². The van der Waals surface area contributed by atoms with Crippen LogP contribution in [0.5, 0.6) is 0 Å². The van der Waals surface area contributed by atoms with Gasteiger partial charge in [0.15, 0.2) is 0 Å². The molecule has 0 aromatic heterocycles. The standard InChI is InChI=1S/C31H42N4O3/c1-2-3-4-5-6-13-18-29(37)33-21-19-31(20-22-33)30(38)34(25-35(31)27-16-11-8-12-17-27)24-28(36)32-23-26-14-9-7-10-15-26/h7-12,14-17H,2-6,13,18-25H2,1H3,(H,32,36). The van der Waals surface area contributed by atoms with Gasteiger partial charge >= 0.3 is 0 Å². The van der Waals surface area contributed by atoms with Crippen LogP contribution in [0.1, 0.15) is 70.3 Å². The van der Waals surface area contributed by atoms with E-state index in [2.05, 4.69) is 17.1 Å². The van der Waals surface area contributed by atoms with Gasteiger partial charge in [-0.1, -0.05) is 87.6 Å². The minimum Gasteiger partial charge on any atom is -0.350 e. The molecule has 2 saturated heterocycles. The number of anilines is 1. The fourth-order valence-electron chi connectivity index (χ4n) is 5.69. The number of carbonyl (C=O) groups is 3. The molecule has 2 aromatic rings. The van der Waals surface area contributed by atoms with Crippen LogP contribution >= 0.6 is 0 Å². The van der Waals surface area contributed by atoms with E-state index in [0.717, 1.165) is 24.1 Å². The van der Waals surface area contributed by atoms with Crippen LogP contribution in [0.2, 0.25) is 0 Å². The van der Waals surface area contributed by atoms with E-state index >= 15 is 0 Å². The molecule has 2 aliphatic rings. The smallest absolute Gasteiger partial charge is 0.250 e. The number of amides is 3. The van der Waals surface area contributed by atoms with E-state index in [0.29, 0.717) is 45.6 Å². The molecule has 1 spiro atoms. The Labute approximate surface area is 227 Å². The molecular formula is C31H42N4O3. The summed E-state index contributed by atoms with van der Waals surface area (Å²) in [7, 11) is 0. The van der Waals surface area contributed by atoms with Crippen molar-refractivity contribution in [3.05, 3.63) is 66.2 Å². The molecule has 2 aromatic carbocycles. The monoisotopic (exact) mass is 518 g/mol. The molecule has 2 heterocycles. The van der Waals surface area contributed by atoms with Crippen LogP contribution in [0.4, 0.5) is 5.69 Å². The lowest BCUT2D eigenvalue weighted by Crippen LogP contribution is -2.57. The summed E-state index contributed by atoms with van der Waals surface area (Å²) in [4.78, 5) is 45.3. The number of hydrogen-bond acceptors (Lipinski definition) is 4. The Morgan fingerprint density at radius 2 is 1.50 bits per heavy atom. The van der Waals surface area contributed by atoms with Crippen molar-refractivity contribution in [1.29, 1.82) is 0 Å². The topological polar surface area (TPSA) is 73.0 Å². The minimum atomic E-state index is -0.724. The quantitative estimate of drug-likeness (QED) is 0.413. The normalized spacial score (nSPS) is 16.8. The summed E-state index contributed by atoms with van der Waals surface area (Å²) in [6, 6.07) is 19.7. The summed E-state index contributed by atoms with van der Waals surface area (Å²) < 4.78 is 0. The Kier molecular flexibility index (Phi) is 9.79. The molecule has 7 heteroatoms. The SMILES string of the molecule is CCCCCCCCC(=O)N1CCC2(CC1)C(=O)N(CC(=O)NCc1ccccc1)CN2c1ccccc1. The van der Waals surface area contributed by atoms with E-state index in [1.54, 1.807) is 4.90 Å². The van der Waals surface area contributed by atoms with Crippen LogP contribution in [0.3, 0.4) is 0 Å². The summed E-state index contributed by atoms with van der Waals surface area (Å²) in [5.74, 6) is 0.0160. The third-order valence-electron chi connectivity index (χ3n) is 7.94. The Morgan fingerprint density at radius 1 is 0.868 bits per heavy atom. The Morgan fingerprint density at radius 3 is 2.18 bits per heavy atom. The second kappa shape index (κ2) is 13.4. The average Bonchev–Trinajstić information content (AvgIpc) is 3.21. The predicted octanol–water partition coefficient (Wildman–Crippen LogP) is 4.72. The van der Waals surface area contributed by atoms with Gasteiger partial charge in [0.05, 0.1) is 6.67 Å². The lowest BCUT2D eigenvalue weighted by Gasteiger charge is -2.43. The van der Waals surface area contributed by atoms with Crippen molar-refractivity contribution in [2.45, 2.75) is 76.8 Å². The third kappa shape index (κ3) is 6.74. The number of nitrogens with zero attached hydrogens (tertiary/aromatic N) is 3. The highest BCUT2D eigenvalue weighted by molar-refractivity contribution is 5.96. The Hall–Kier alpha value is -3.35. The van der Waals surface area contributed by atoms with E-state index in [1.165, 1.54) is 25.7 Å². The van der Waals surface area contributed by atoms with Crippen molar-refractivity contribution < 1.29 is 14.4 Å². The average molecular weight is 519 g/mol. The highest BCUT2D eigenvalue weighted by Crippen LogP contribution is 2.39. The fraction of sp³-hybridized carbons (Fsp3) is 0.516. The van der Waals surface area contributed by atoms with Gasteiger partial charge in [-0.25, -0.2) is 0 Å². The van der Waals surface area contributed by atoms with Crippen molar-refractivity contribution in [2.75, 3.05) is 31.2 Å². The van der Waals surface area contributed by atoms with Gasteiger partial charge in [-0.15, -0.1) is 0 Å². The molecule has 0 saturated carbocycles. The van der Waals surface area contributed by atoms with Crippen molar-refractivity contribution in [3.8, 4) is 0 Å². The number of hydrogen-bond donors (Lipinski definition) is 1. The fourth-order valence-corrected chi connectivity index (χ4v) is 5.69. The molecule has 0 unspecified atom stereocenters. The van der Waals surface area contributed by atoms with E-state index < -0.39 is 5.54 Å². The van der Waals surface area contributed by atoms with Crippen LogP contribution in [0.15, 0.2) is 60.7 Å². The zero-order chi connectivity index (χ0) is 26.8. The lowest BCUT2D eigenvalue weighted by molar-refractivity contribution is -0.140. The van der Waals surface area contributed by atoms with E-state index in [4.69, 9.17) is 0 Å². The highest BCUT2D eigenvalue weighted by atomic mass is 16.2. The van der Waals surface area contributed by atoms with E-state index in [9.17, 15) is 14.4 Å². The Balaban J connectivity index is 1.36. The second-order valence-corrected chi connectivity index (χ2v) is 10.6. The summed E-state index contributed by atoms with van der Waals surface area (Å²) in [6.45, 7) is 4.17. The molecule has 0 atom stereocenters. The largest absolute Gasteiger partial charge is 0.350 e. The highest BCUT2D eigenvalue weighted by Gasteiger charge is 2.54. The van der Waals surface area contributed by atoms with Gasteiger partial charge in [0.25, 0.3) is 5.91 Å². The molecule has 0 aliphatic carbocycles. The number of benzene rings is 2. The van der Waals surface area contributed by atoms with Crippen molar-refractivity contribution in [3.63, 3.8) is 0 Å². The molecule has 4 rings (SSSR count). The maximum atomic E-state index is 13.9. The van der Waals surface area contributed by atoms with Crippen LogP contribution in [0.25, 0.3) is 0 Å². The van der Waals surface area contributed by atoms with Gasteiger partial charge in [-0.2, -0.15) is 0 Å². The Bertz CT molecular complexity index is 1050. The van der Waals surface area contributed by atoms with Crippen LogP contribution in [-0.4, -0.2) is 59.4 Å². The van der Waals surface area contributed by atoms with Gasteiger partial charge in [0.2, 0.25) is 11.8 Å². The first kappa shape index (κ1) is 27.7. The molecule has 7 nitrogen and oxygen atoms in total. The van der Waals surface area contributed by atoms with Gasteiger partial charge in [-0.3, -0.25) is 14.4 Å². The van der Waals surface area contributed by atoms with Gasteiger partial charge < -0.3 is 20.0 Å². The first-order chi connectivity index (χ1) is 18.5. The first-order valence-corrected chi connectivity index (χ1v) is 14.2. The summed E-state index contributed by atoms with van der Waals surface area (Å²) in [5, 5.41) is 2.95. The second-order valence-electron chi connectivity index (χ2n) is 10.6. The maximum Gasteiger partial charge on any atom is 0.250 e. The zero-order valence-corrected chi connectivity index (χ0v) is 22.7. The van der Waals surface area contributed by atoms with Crippen molar-refractivity contribution in [1.82, 2.24) is 15.1 Å². The molecule has 0 bridgehead atoms. The molecule has 2 aliphatic heterocycles. The van der Waals surface area contributed by atoms with E-state index in [-0.39, 0.29) is 24.3 Å².